The van der Waals surface area contributed by atoms with E-state index in [9.17, 15) is 0 Å². The first-order valence-corrected chi connectivity index (χ1v) is 7.65. The van der Waals surface area contributed by atoms with Crippen LogP contribution in [0.4, 0.5) is 0 Å². The number of aromatic amines is 1. The lowest BCUT2D eigenvalue weighted by atomic mass is 9.88. The number of rotatable bonds is 1. The third-order valence-electron chi connectivity index (χ3n) is 5.10. The van der Waals surface area contributed by atoms with Crippen LogP contribution in [0, 0.1) is 0 Å². The van der Waals surface area contributed by atoms with Crippen LogP contribution in [-0.2, 0) is 18.4 Å². The summed E-state index contributed by atoms with van der Waals surface area (Å²) in [4.78, 5) is 3.63. The summed E-state index contributed by atoms with van der Waals surface area (Å²) in [5.74, 6) is 0. The molecule has 1 aliphatic heterocycles. The summed E-state index contributed by atoms with van der Waals surface area (Å²) in [6, 6.07) is 7.03. The highest BCUT2D eigenvalue weighted by Crippen LogP contribution is 2.35. The molecule has 0 amide bonds. The van der Waals surface area contributed by atoms with Crippen molar-refractivity contribution in [2.45, 2.75) is 51.0 Å². The molecule has 0 spiro atoms. The van der Waals surface area contributed by atoms with Gasteiger partial charge in [0.2, 0.25) is 0 Å². The summed E-state index contributed by atoms with van der Waals surface area (Å²) in [5.41, 5.74) is 6.06. The maximum Gasteiger partial charge on any atom is 0.0459 e. The van der Waals surface area contributed by atoms with Gasteiger partial charge in [0, 0.05) is 22.1 Å². The molecule has 0 radical (unpaired) electrons. The number of aryl methyl sites for hydroxylation is 2. The highest BCUT2D eigenvalue weighted by Gasteiger charge is 2.30. The second-order valence-electron chi connectivity index (χ2n) is 6.41. The normalized spacial score (nSPS) is 26.8. The topological polar surface area (TPSA) is 27.8 Å². The van der Waals surface area contributed by atoms with Crippen molar-refractivity contribution in [2.75, 3.05) is 6.54 Å². The van der Waals surface area contributed by atoms with E-state index in [1.54, 1.807) is 5.56 Å². The number of nitrogens with one attached hydrogen (secondary N) is 2. The van der Waals surface area contributed by atoms with E-state index in [0.29, 0.717) is 0 Å². The van der Waals surface area contributed by atoms with E-state index in [-0.39, 0.29) is 5.54 Å². The Bertz CT molecular complexity index is 617. The van der Waals surface area contributed by atoms with Gasteiger partial charge in [-0.25, -0.2) is 0 Å². The number of hydrogen-bond donors (Lipinski definition) is 2. The van der Waals surface area contributed by atoms with Crippen LogP contribution < -0.4 is 5.32 Å². The lowest BCUT2D eigenvalue weighted by Gasteiger charge is -2.25. The molecule has 2 aliphatic rings. The fourth-order valence-electron chi connectivity index (χ4n) is 3.89. The van der Waals surface area contributed by atoms with Crippen molar-refractivity contribution in [3.05, 3.63) is 35.0 Å². The lowest BCUT2D eigenvalue weighted by Crippen LogP contribution is -2.32. The van der Waals surface area contributed by atoms with E-state index in [0.717, 1.165) is 6.54 Å². The van der Waals surface area contributed by atoms with Crippen LogP contribution in [0.1, 0.15) is 49.4 Å². The number of fused-ring (bicyclic) bond motifs is 3. The monoisotopic (exact) mass is 254 g/mol. The minimum absolute atomic E-state index is 0.188. The second kappa shape index (κ2) is 4.11. The molecular weight excluding hydrogens is 232 g/mol. The summed E-state index contributed by atoms with van der Waals surface area (Å²) in [6.45, 7) is 3.50. The van der Waals surface area contributed by atoms with E-state index < -0.39 is 0 Å². The Morgan fingerprint density at radius 1 is 1.11 bits per heavy atom. The fraction of sp³-hybridized carbons (Fsp3) is 0.529. The standard InChI is InChI=1S/C17H22N2/c1-17(9-4-10-18-17)12-7-8-16-14(11-12)13-5-2-3-6-15(13)19-16/h7-8,11,18-19H,2-6,9-10H2,1H3. The van der Waals surface area contributed by atoms with Gasteiger partial charge < -0.3 is 10.3 Å². The van der Waals surface area contributed by atoms with Gasteiger partial charge in [0.05, 0.1) is 0 Å². The summed E-state index contributed by atoms with van der Waals surface area (Å²) < 4.78 is 0. The van der Waals surface area contributed by atoms with E-state index in [4.69, 9.17) is 0 Å². The van der Waals surface area contributed by atoms with E-state index in [2.05, 4.69) is 35.4 Å². The minimum atomic E-state index is 0.188. The van der Waals surface area contributed by atoms with Crippen molar-refractivity contribution in [3.8, 4) is 0 Å². The smallest absolute Gasteiger partial charge is 0.0459 e. The van der Waals surface area contributed by atoms with Crippen molar-refractivity contribution >= 4 is 10.9 Å². The van der Waals surface area contributed by atoms with Gasteiger partial charge in [-0.3, -0.25) is 0 Å². The average Bonchev–Trinajstić information content (AvgIpc) is 3.02. The van der Waals surface area contributed by atoms with Crippen molar-refractivity contribution in [1.29, 1.82) is 0 Å². The predicted molar refractivity (Wildman–Crippen MR) is 79.5 cm³/mol. The molecule has 2 heterocycles. The van der Waals surface area contributed by atoms with Crippen molar-refractivity contribution in [3.63, 3.8) is 0 Å². The molecule has 100 valence electrons. The Labute approximate surface area is 114 Å². The SMILES string of the molecule is CC1(c2ccc3[nH]c4c(c3c2)CCCC4)CCCN1. The Balaban J connectivity index is 1.86. The molecule has 19 heavy (non-hydrogen) atoms. The highest BCUT2D eigenvalue weighted by molar-refractivity contribution is 5.85. The summed E-state index contributed by atoms with van der Waals surface area (Å²) in [6.07, 6.45) is 7.72. The molecule has 2 N–H and O–H groups in total. The molecule has 2 aromatic rings. The van der Waals surface area contributed by atoms with Gasteiger partial charge in [0.25, 0.3) is 0 Å². The number of H-pyrrole nitrogens is 1. The van der Waals surface area contributed by atoms with Crippen LogP contribution in [0.15, 0.2) is 18.2 Å². The molecule has 1 aromatic heterocycles. The summed E-state index contributed by atoms with van der Waals surface area (Å²) >= 11 is 0. The molecular formula is C17H22N2. The molecule has 0 bridgehead atoms. The molecule has 0 saturated carbocycles. The number of benzene rings is 1. The number of hydrogen-bond acceptors (Lipinski definition) is 1. The van der Waals surface area contributed by atoms with Gasteiger partial charge in [-0.05, 0) is 75.3 Å². The quantitative estimate of drug-likeness (QED) is 0.799. The maximum absolute atomic E-state index is 3.68. The maximum atomic E-state index is 3.68. The Morgan fingerprint density at radius 3 is 2.84 bits per heavy atom. The van der Waals surface area contributed by atoms with Gasteiger partial charge >= 0.3 is 0 Å². The first-order chi connectivity index (χ1) is 9.26. The molecule has 1 aliphatic carbocycles. The third-order valence-corrected chi connectivity index (χ3v) is 5.10. The lowest BCUT2D eigenvalue weighted by molar-refractivity contribution is 0.435. The molecule has 4 rings (SSSR count). The Morgan fingerprint density at radius 2 is 2.00 bits per heavy atom. The van der Waals surface area contributed by atoms with Crippen molar-refractivity contribution < 1.29 is 0 Å². The zero-order valence-electron chi connectivity index (χ0n) is 11.7. The third kappa shape index (κ3) is 1.73. The second-order valence-corrected chi connectivity index (χ2v) is 6.41. The zero-order valence-corrected chi connectivity index (χ0v) is 11.7. The van der Waals surface area contributed by atoms with E-state index in [1.807, 2.05) is 0 Å². The summed E-state index contributed by atoms with van der Waals surface area (Å²) in [5, 5.41) is 5.15. The van der Waals surface area contributed by atoms with Crippen LogP contribution in [0.25, 0.3) is 10.9 Å². The van der Waals surface area contributed by atoms with Crippen LogP contribution in [0.5, 0.6) is 0 Å². The first kappa shape index (κ1) is 11.5. The molecule has 2 heteroatoms. The highest BCUT2D eigenvalue weighted by atomic mass is 15.0. The van der Waals surface area contributed by atoms with Crippen LogP contribution in [-0.4, -0.2) is 11.5 Å². The summed E-state index contributed by atoms with van der Waals surface area (Å²) in [7, 11) is 0. The van der Waals surface area contributed by atoms with E-state index in [1.165, 1.54) is 60.7 Å². The Kier molecular flexibility index (Phi) is 2.49. The van der Waals surface area contributed by atoms with Crippen LogP contribution in [0.2, 0.25) is 0 Å². The van der Waals surface area contributed by atoms with Gasteiger partial charge in [0.15, 0.2) is 0 Å². The fourth-order valence-corrected chi connectivity index (χ4v) is 3.89. The van der Waals surface area contributed by atoms with Gasteiger partial charge in [-0.2, -0.15) is 0 Å². The Hall–Kier alpha value is -1.28. The molecule has 1 aromatic carbocycles. The van der Waals surface area contributed by atoms with Crippen molar-refractivity contribution in [2.24, 2.45) is 0 Å². The van der Waals surface area contributed by atoms with Gasteiger partial charge in [0.1, 0.15) is 0 Å². The largest absolute Gasteiger partial charge is 0.358 e. The van der Waals surface area contributed by atoms with Gasteiger partial charge in [-0.1, -0.05) is 6.07 Å². The molecule has 1 unspecified atom stereocenters. The minimum Gasteiger partial charge on any atom is -0.358 e. The molecule has 1 fully saturated rings. The first-order valence-electron chi connectivity index (χ1n) is 7.65. The van der Waals surface area contributed by atoms with Crippen LogP contribution >= 0.6 is 0 Å². The van der Waals surface area contributed by atoms with Crippen LogP contribution in [0.3, 0.4) is 0 Å². The zero-order chi connectivity index (χ0) is 12.9. The molecule has 2 nitrogen and oxygen atoms in total. The van der Waals surface area contributed by atoms with Crippen molar-refractivity contribution in [1.82, 2.24) is 10.3 Å². The van der Waals surface area contributed by atoms with E-state index >= 15 is 0 Å². The number of aromatic nitrogens is 1. The predicted octanol–water partition coefficient (Wildman–Crippen LogP) is 3.65. The molecule has 1 saturated heterocycles. The average molecular weight is 254 g/mol. The van der Waals surface area contributed by atoms with Gasteiger partial charge in [-0.15, -0.1) is 0 Å². The molecule has 1 atom stereocenters.